The van der Waals surface area contributed by atoms with Gasteiger partial charge < -0.3 is 15.4 Å². The summed E-state index contributed by atoms with van der Waals surface area (Å²) in [5.41, 5.74) is 6.87. The van der Waals surface area contributed by atoms with E-state index in [1.807, 2.05) is 18.2 Å². The van der Waals surface area contributed by atoms with E-state index in [1.54, 1.807) is 12.1 Å². The average Bonchev–Trinajstić information content (AvgIpc) is 3.64. The first-order valence-corrected chi connectivity index (χ1v) is 11.3. The second-order valence-corrected chi connectivity index (χ2v) is 8.61. The van der Waals surface area contributed by atoms with Crippen LogP contribution in [-0.2, 0) is 13.0 Å². The summed E-state index contributed by atoms with van der Waals surface area (Å²) in [4.78, 5) is 0. The zero-order valence-electron chi connectivity index (χ0n) is 19.1. The third-order valence-corrected chi connectivity index (χ3v) is 5.79. The zero-order valence-corrected chi connectivity index (χ0v) is 19.1. The van der Waals surface area contributed by atoms with E-state index in [-0.39, 0.29) is 0 Å². The van der Waals surface area contributed by atoms with Gasteiger partial charge in [0, 0.05) is 42.0 Å². The van der Waals surface area contributed by atoms with Crippen molar-refractivity contribution < 1.29 is 4.74 Å². The molecule has 4 rings (SSSR count). The number of nitriles is 2. The third kappa shape index (κ3) is 5.92. The summed E-state index contributed by atoms with van der Waals surface area (Å²) in [5, 5.41) is 24.9. The van der Waals surface area contributed by atoms with Crippen LogP contribution in [0.4, 0.5) is 11.4 Å². The van der Waals surface area contributed by atoms with E-state index in [1.165, 1.54) is 12.8 Å². The Bertz CT molecular complexity index is 1190. The fourth-order valence-corrected chi connectivity index (χ4v) is 3.87. The van der Waals surface area contributed by atoms with Gasteiger partial charge in [-0.2, -0.15) is 10.5 Å². The lowest BCUT2D eigenvalue weighted by Gasteiger charge is -2.18. The number of hydrogen-bond acceptors (Lipinski definition) is 5. The summed E-state index contributed by atoms with van der Waals surface area (Å²) in [6, 6.07) is 22.8. The minimum Gasteiger partial charge on any atom is -0.456 e. The SMILES string of the molecule is Cc1cc(CCC#N)cc(C)c1Oc1cc(Nc2ccc(C#N)cc2)ccc1CNC1CC1. The fourth-order valence-electron chi connectivity index (χ4n) is 3.87. The van der Waals surface area contributed by atoms with Crippen LogP contribution in [0.15, 0.2) is 54.6 Å². The molecule has 0 aliphatic heterocycles. The van der Waals surface area contributed by atoms with Gasteiger partial charge in [-0.15, -0.1) is 0 Å². The Morgan fingerprint density at radius 2 is 1.64 bits per heavy atom. The van der Waals surface area contributed by atoms with Gasteiger partial charge in [0.15, 0.2) is 0 Å². The molecule has 0 amide bonds. The standard InChI is InChI=1S/C28H28N4O/c1-19-14-22(4-3-13-29)15-20(2)28(19)33-27-16-26(10-7-23(27)18-31-24-11-12-24)32-25-8-5-21(17-30)6-9-25/h5-10,14-16,24,31-32H,3-4,11-12,18H2,1-2H3. The molecule has 1 aliphatic carbocycles. The summed E-state index contributed by atoms with van der Waals surface area (Å²) < 4.78 is 6.51. The molecule has 0 heterocycles. The quantitative estimate of drug-likeness (QED) is 0.404. The molecule has 0 saturated heterocycles. The van der Waals surface area contributed by atoms with Crippen molar-refractivity contribution in [2.24, 2.45) is 0 Å². The van der Waals surface area contributed by atoms with Crippen LogP contribution in [0.2, 0.25) is 0 Å². The number of aryl methyl sites for hydroxylation is 3. The molecule has 0 aromatic heterocycles. The van der Waals surface area contributed by atoms with Gasteiger partial charge in [0.25, 0.3) is 0 Å². The maximum atomic E-state index is 9.02. The minimum atomic E-state index is 0.513. The lowest BCUT2D eigenvalue weighted by molar-refractivity contribution is 0.465. The molecule has 3 aromatic carbocycles. The molecular weight excluding hydrogens is 408 g/mol. The molecule has 0 spiro atoms. The van der Waals surface area contributed by atoms with Crippen LogP contribution in [0, 0.1) is 36.5 Å². The number of nitrogens with one attached hydrogen (secondary N) is 2. The Balaban J connectivity index is 1.60. The van der Waals surface area contributed by atoms with E-state index in [9.17, 15) is 0 Å². The number of rotatable bonds is 9. The van der Waals surface area contributed by atoms with Crippen molar-refractivity contribution in [1.82, 2.24) is 5.32 Å². The number of anilines is 2. The van der Waals surface area contributed by atoms with E-state index >= 15 is 0 Å². The molecule has 166 valence electrons. The Morgan fingerprint density at radius 3 is 2.27 bits per heavy atom. The highest BCUT2D eigenvalue weighted by Crippen LogP contribution is 2.35. The van der Waals surface area contributed by atoms with Gasteiger partial charge in [-0.05, 0) is 80.1 Å². The summed E-state index contributed by atoms with van der Waals surface area (Å²) in [5.74, 6) is 1.68. The van der Waals surface area contributed by atoms with Crippen molar-refractivity contribution in [1.29, 1.82) is 10.5 Å². The van der Waals surface area contributed by atoms with Crippen LogP contribution >= 0.6 is 0 Å². The van der Waals surface area contributed by atoms with E-state index in [0.29, 0.717) is 18.0 Å². The lowest BCUT2D eigenvalue weighted by Crippen LogP contribution is -2.16. The largest absolute Gasteiger partial charge is 0.456 e. The van der Waals surface area contributed by atoms with Gasteiger partial charge in [0.2, 0.25) is 0 Å². The van der Waals surface area contributed by atoms with E-state index in [4.69, 9.17) is 15.3 Å². The number of hydrogen-bond donors (Lipinski definition) is 2. The van der Waals surface area contributed by atoms with Gasteiger partial charge in [0.1, 0.15) is 11.5 Å². The van der Waals surface area contributed by atoms with Crippen molar-refractivity contribution in [3.63, 3.8) is 0 Å². The highest BCUT2D eigenvalue weighted by Gasteiger charge is 2.21. The van der Waals surface area contributed by atoms with Crippen LogP contribution in [0.5, 0.6) is 11.5 Å². The summed E-state index contributed by atoms with van der Waals surface area (Å²) in [6.07, 6.45) is 3.73. The highest BCUT2D eigenvalue weighted by molar-refractivity contribution is 5.63. The van der Waals surface area contributed by atoms with Crippen molar-refractivity contribution in [3.05, 3.63) is 82.4 Å². The Labute approximate surface area is 195 Å². The Kier molecular flexibility index (Phi) is 6.93. The fraction of sp³-hybridized carbons (Fsp3) is 0.286. The number of benzene rings is 3. The zero-order chi connectivity index (χ0) is 23.2. The predicted octanol–water partition coefficient (Wildman–Crippen LogP) is 6.42. The van der Waals surface area contributed by atoms with Gasteiger partial charge in [0.05, 0.1) is 17.7 Å². The van der Waals surface area contributed by atoms with Crippen LogP contribution in [0.1, 0.15) is 47.1 Å². The van der Waals surface area contributed by atoms with Crippen molar-refractivity contribution in [3.8, 4) is 23.6 Å². The maximum absolute atomic E-state index is 9.02. The molecule has 2 N–H and O–H groups in total. The van der Waals surface area contributed by atoms with E-state index in [2.05, 4.69) is 60.9 Å². The molecule has 1 fully saturated rings. The lowest BCUT2D eigenvalue weighted by atomic mass is 10.0. The van der Waals surface area contributed by atoms with Crippen LogP contribution in [0.25, 0.3) is 0 Å². The van der Waals surface area contributed by atoms with Gasteiger partial charge >= 0.3 is 0 Å². The highest BCUT2D eigenvalue weighted by atomic mass is 16.5. The maximum Gasteiger partial charge on any atom is 0.134 e. The van der Waals surface area contributed by atoms with Crippen LogP contribution < -0.4 is 15.4 Å². The molecule has 1 aliphatic rings. The molecule has 3 aromatic rings. The second-order valence-electron chi connectivity index (χ2n) is 8.61. The first-order chi connectivity index (χ1) is 16.1. The normalized spacial score (nSPS) is 12.6. The van der Waals surface area contributed by atoms with Gasteiger partial charge in [-0.3, -0.25) is 0 Å². The van der Waals surface area contributed by atoms with Crippen molar-refractivity contribution >= 4 is 11.4 Å². The van der Waals surface area contributed by atoms with Gasteiger partial charge in [-0.1, -0.05) is 18.2 Å². The summed E-state index contributed by atoms with van der Waals surface area (Å²) >= 11 is 0. The smallest absolute Gasteiger partial charge is 0.134 e. The molecule has 0 radical (unpaired) electrons. The van der Waals surface area contributed by atoms with Crippen LogP contribution in [0.3, 0.4) is 0 Å². The first-order valence-electron chi connectivity index (χ1n) is 11.3. The average molecular weight is 437 g/mol. The van der Waals surface area contributed by atoms with E-state index < -0.39 is 0 Å². The Hall–Kier alpha value is -3.80. The summed E-state index contributed by atoms with van der Waals surface area (Å²) in [7, 11) is 0. The molecule has 0 atom stereocenters. The number of nitrogens with zero attached hydrogens (tertiary/aromatic N) is 2. The van der Waals surface area contributed by atoms with Crippen molar-refractivity contribution in [2.45, 2.75) is 52.1 Å². The molecule has 5 nitrogen and oxygen atoms in total. The minimum absolute atomic E-state index is 0.513. The van der Waals surface area contributed by atoms with Crippen molar-refractivity contribution in [2.75, 3.05) is 5.32 Å². The third-order valence-electron chi connectivity index (χ3n) is 5.79. The number of ether oxygens (including phenoxy) is 1. The Morgan fingerprint density at radius 1 is 0.939 bits per heavy atom. The van der Waals surface area contributed by atoms with Crippen LogP contribution in [-0.4, -0.2) is 6.04 Å². The summed E-state index contributed by atoms with van der Waals surface area (Å²) in [6.45, 7) is 4.87. The molecule has 33 heavy (non-hydrogen) atoms. The predicted molar refractivity (Wildman–Crippen MR) is 131 cm³/mol. The molecule has 5 heteroatoms. The molecule has 0 unspecified atom stereocenters. The van der Waals surface area contributed by atoms with Gasteiger partial charge in [-0.25, -0.2) is 0 Å². The monoisotopic (exact) mass is 436 g/mol. The first kappa shape index (κ1) is 22.4. The molecule has 1 saturated carbocycles. The molecule has 0 bridgehead atoms. The second kappa shape index (κ2) is 10.2. The molecular formula is C28H28N4O. The van der Waals surface area contributed by atoms with E-state index in [0.717, 1.165) is 58.1 Å². The topological polar surface area (TPSA) is 80.9 Å².